The van der Waals surface area contributed by atoms with Gasteiger partial charge in [-0.3, -0.25) is 9.59 Å². The summed E-state index contributed by atoms with van der Waals surface area (Å²) < 4.78 is 19.0. The largest absolute Gasteiger partial charge is 0.457 e. The van der Waals surface area contributed by atoms with Crippen LogP contribution in [-0.4, -0.2) is 17.6 Å². The number of carbonyl (C=O) groups excluding carboxylic acids is 2. The third kappa shape index (κ3) is 5.82. The smallest absolute Gasteiger partial charge is 0.234 e. The van der Waals surface area contributed by atoms with Gasteiger partial charge in [-0.05, 0) is 54.1 Å². The predicted octanol–water partition coefficient (Wildman–Crippen LogP) is 5.33. The summed E-state index contributed by atoms with van der Waals surface area (Å²) in [6, 6.07) is 24.2. The molecule has 0 fully saturated rings. The maximum absolute atomic E-state index is 13.3. The molecule has 0 aliphatic carbocycles. The lowest BCUT2D eigenvalue weighted by molar-refractivity contribution is -0.121. The Morgan fingerprint density at radius 2 is 1.74 bits per heavy atom. The molecule has 3 aromatic carbocycles. The number of nitrogens with one attached hydrogen (secondary N) is 2. The molecule has 2 N–H and O–H groups in total. The van der Waals surface area contributed by atoms with Gasteiger partial charge in [0.05, 0.1) is 22.4 Å². The van der Waals surface area contributed by atoms with Crippen LogP contribution in [0.5, 0.6) is 11.5 Å². The summed E-state index contributed by atoms with van der Waals surface area (Å²) in [6.07, 6.45) is 0.0855. The summed E-state index contributed by atoms with van der Waals surface area (Å²) in [4.78, 5) is 24.7. The van der Waals surface area contributed by atoms with Gasteiger partial charge in [0.1, 0.15) is 17.3 Å². The van der Waals surface area contributed by atoms with Crippen LogP contribution in [0.3, 0.4) is 0 Å². The van der Waals surface area contributed by atoms with Crippen molar-refractivity contribution < 1.29 is 18.7 Å². The number of halogens is 1. The normalized spacial score (nSPS) is 15.3. The van der Waals surface area contributed by atoms with Gasteiger partial charge in [0.15, 0.2) is 0 Å². The average Bonchev–Trinajstić information content (AvgIpc) is 2.85. The molecule has 0 unspecified atom stereocenters. The maximum Gasteiger partial charge on any atom is 0.234 e. The molecule has 1 aliphatic heterocycles. The minimum absolute atomic E-state index is 0.000796. The molecule has 6 nitrogen and oxygen atoms in total. The standard InChI is InChI=1S/C26H20FN3O3S/c27-18-8-6-17(7-9-18)22-14-24(31)30-26(23(22)15-28)34-16-25(32)29-19-10-12-21(13-11-19)33-20-4-2-1-3-5-20/h1-13,22H,14,16H2,(H,29,32)(H,30,31)/t22-/m1/s1. The third-order valence-corrected chi connectivity index (χ3v) is 6.11. The lowest BCUT2D eigenvalue weighted by Gasteiger charge is -2.25. The van der Waals surface area contributed by atoms with Crippen molar-refractivity contribution in [3.05, 3.63) is 101 Å². The molecular weight excluding hydrogens is 453 g/mol. The summed E-state index contributed by atoms with van der Waals surface area (Å²) in [7, 11) is 0. The topological polar surface area (TPSA) is 91.2 Å². The fourth-order valence-corrected chi connectivity index (χ4v) is 4.36. The van der Waals surface area contributed by atoms with Gasteiger partial charge in [-0.15, -0.1) is 0 Å². The SMILES string of the molecule is N#CC1=C(SCC(=O)Nc2ccc(Oc3ccccc3)cc2)NC(=O)C[C@@H]1c1ccc(F)cc1. The number of nitrogens with zero attached hydrogens (tertiary/aromatic N) is 1. The van der Waals surface area contributed by atoms with E-state index in [4.69, 9.17) is 4.74 Å². The number of nitriles is 1. The highest BCUT2D eigenvalue weighted by Gasteiger charge is 2.29. The number of carbonyl (C=O) groups is 2. The Kier molecular flexibility index (Phi) is 7.25. The first-order chi connectivity index (χ1) is 16.5. The molecule has 1 aliphatic rings. The number of ether oxygens (including phenoxy) is 1. The van der Waals surface area contributed by atoms with Crippen LogP contribution in [0.1, 0.15) is 17.9 Å². The minimum atomic E-state index is -0.484. The van der Waals surface area contributed by atoms with Gasteiger partial charge >= 0.3 is 0 Å². The minimum Gasteiger partial charge on any atom is -0.457 e. The monoisotopic (exact) mass is 473 g/mol. The molecule has 0 saturated carbocycles. The number of thioether (sulfide) groups is 1. The molecule has 1 atom stereocenters. The molecule has 34 heavy (non-hydrogen) atoms. The second-order valence-corrected chi connectivity index (χ2v) is 8.47. The maximum atomic E-state index is 13.3. The predicted molar refractivity (Wildman–Crippen MR) is 129 cm³/mol. The van der Waals surface area contributed by atoms with Gasteiger partial charge in [-0.2, -0.15) is 5.26 Å². The van der Waals surface area contributed by atoms with Crippen LogP contribution in [0, 0.1) is 17.1 Å². The summed E-state index contributed by atoms with van der Waals surface area (Å²) in [5.41, 5.74) is 1.62. The number of rotatable bonds is 7. The van der Waals surface area contributed by atoms with Crippen LogP contribution in [0.15, 0.2) is 89.5 Å². The molecule has 170 valence electrons. The van der Waals surface area contributed by atoms with E-state index in [1.807, 2.05) is 30.3 Å². The van der Waals surface area contributed by atoms with Gasteiger partial charge in [-0.1, -0.05) is 42.1 Å². The molecule has 2 amide bonds. The Bertz CT molecular complexity index is 1250. The zero-order valence-electron chi connectivity index (χ0n) is 18.0. The summed E-state index contributed by atoms with van der Waals surface area (Å²) in [5.74, 6) is -0.0709. The van der Waals surface area contributed by atoms with Crippen LogP contribution in [0.2, 0.25) is 0 Å². The van der Waals surface area contributed by atoms with Crippen molar-refractivity contribution in [2.75, 3.05) is 11.1 Å². The fraction of sp³-hybridized carbons (Fsp3) is 0.115. The molecule has 3 aromatic rings. The Morgan fingerprint density at radius 3 is 2.41 bits per heavy atom. The van der Waals surface area contributed by atoms with E-state index in [-0.39, 0.29) is 24.0 Å². The molecular formula is C26H20FN3O3S. The first-order valence-electron chi connectivity index (χ1n) is 10.5. The molecule has 1 heterocycles. The van der Waals surface area contributed by atoms with Crippen LogP contribution in [0.4, 0.5) is 10.1 Å². The number of amides is 2. The highest BCUT2D eigenvalue weighted by atomic mass is 32.2. The van der Waals surface area contributed by atoms with Crippen molar-refractivity contribution in [1.29, 1.82) is 5.26 Å². The average molecular weight is 474 g/mol. The number of hydrogen-bond acceptors (Lipinski definition) is 5. The summed E-state index contributed by atoms with van der Waals surface area (Å²) in [5, 5.41) is 15.5. The van der Waals surface area contributed by atoms with Crippen molar-refractivity contribution >= 4 is 29.3 Å². The first kappa shape index (κ1) is 23.1. The van der Waals surface area contributed by atoms with E-state index < -0.39 is 11.7 Å². The van der Waals surface area contributed by atoms with Crippen LogP contribution >= 0.6 is 11.8 Å². The van der Waals surface area contributed by atoms with E-state index in [0.717, 1.165) is 11.8 Å². The molecule has 0 spiro atoms. The van der Waals surface area contributed by atoms with Crippen LogP contribution in [-0.2, 0) is 9.59 Å². The molecule has 8 heteroatoms. The zero-order chi connectivity index (χ0) is 23.9. The van der Waals surface area contributed by atoms with E-state index in [9.17, 15) is 19.2 Å². The molecule has 0 radical (unpaired) electrons. The number of para-hydroxylation sites is 1. The molecule has 0 saturated heterocycles. The molecule has 0 aromatic heterocycles. The van der Waals surface area contributed by atoms with Gasteiger partial charge in [-0.25, -0.2) is 4.39 Å². The quantitative estimate of drug-likeness (QED) is 0.484. The van der Waals surface area contributed by atoms with Crippen LogP contribution < -0.4 is 15.4 Å². The third-order valence-electron chi connectivity index (χ3n) is 5.09. The Morgan fingerprint density at radius 1 is 1.06 bits per heavy atom. The van der Waals surface area contributed by atoms with Crippen molar-refractivity contribution in [1.82, 2.24) is 5.32 Å². The van der Waals surface area contributed by atoms with Crippen LogP contribution in [0.25, 0.3) is 0 Å². The second-order valence-electron chi connectivity index (χ2n) is 7.49. The van der Waals surface area contributed by atoms with Gasteiger partial charge in [0, 0.05) is 18.0 Å². The summed E-state index contributed by atoms with van der Waals surface area (Å²) in [6.45, 7) is 0. The number of anilines is 1. The Labute approximate surface area is 200 Å². The van der Waals surface area contributed by atoms with E-state index in [1.54, 1.807) is 36.4 Å². The van der Waals surface area contributed by atoms with Crippen molar-refractivity contribution in [2.45, 2.75) is 12.3 Å². The van der Waals surface area contributed by atoms with E-state index in [0.29, 0.717) is 33.4 Å². The Balaban J connectivity index is 1.38. The number of hydrogen-bond donors (Lipinski definition) is 2. The van der Waals surface area contributed by atoms with Gasteiger partial charge < -0.3 is 15.4 Å². The van der Waals surface area contributed by atoms with Crippen molar-refractivity contribution in [3.8, 4) is 17.6 Å². The molecule has 0 bridgehead atoms. The first-order valence-corrected chi connectivity index (χ1v) is 11.5. The zero-order valence-corrected chi connectivity index (χ0v) is 18.8. The van der Waals surface area contributed by atoms with E-state index in [1.165, 1.54) is 12.1 Å². The van der Waals surface area contributed by atoms with Crippen molar-refractivity contribution in [3.63, 3.8) is 0 Å². The second kappa shape index (κ2) is 10.7. The van der Waals surface area contributed by atoms with Crippen molar-refractivity contribution in [2.24, 2.45) is 0 Å². The van der Waals surface area contributed by atoms with Gasteiger partial charge in [0.2, 0.25) is 11.8 Å². The number of benzene rings is 3. The molecule has 4 rings (SSSR count). The highest BCUT2D eigenvalue weighted by Crippen LogP contribution is 2.36. The summed E-state index contributed by atoms with van der Waals surface area (Å²) >= 11 is 1.08. The Hall–Kier alpha value is -4.09. The lowest BCUT2D eigenvalue weighted by Crippen LogP contribution is -2.31. The van der Waals surface area contributed by atoms with E-state index >= 15 is 0 Å². The highest BCUT2D eigenvalue weighted by molar-refractivity contribution is 8.03. The lowest BCUT2D eigenvalue weighted by atomic mass is 9.87. The van der Waals surface area contributed by atoms with Gasteiger partial charge in [0.25, 0.3) is 0 Å². The number of allylic oxidation sites excluding steroid dienone is 1. The van der Waals surface area contributed by atoms with E-state index in [2.05, 4.69) is 16.7 Å². The fourth-order valence-electron chi connectivity index (χ4n) is 3.48.